The van der Waals surface area contributed by atoms with E-state index in [4.69, 9.17) is 18.9 Å². The zero-order valence-corrected chi connectivity index (χ0v) is 26.5. The van der Waals surface area contributed by atoms with E-state index >= 15 is 0 Å². The van der Waals surface area contributed by atoms with Crippen LogP contribution in [-0.2, 0) is 16.1 Å². The first-order valence-corrected chi connectivity index (χ1v) is 15.2. The number of para-hydroxylation sites is 2. The molecule has 238 valence electrons. The Morgan fingerprint density at radius 2 is 1.53 bits per heavy atom. The summed E-state index contributed by atoms with van der Waals surface area (Å²) in [4.78, 5) is 30.8. The summed E-state index contributed by atoms with van der Waals surface area (Å²) in [5, 5.41) is 11.9. The van der Waals surface area contributed by atoms with Crippen LogP contribution in [0.5, 0.6) is 23.0 Å². The highest BCUT2D eigenvalue weighted by atomic mass is 16.5. The van der Waals surface area contributed by atoms with Crippen molar-refractivity contribution in [1.29, 1.82) is 0 Å². The molecule has 5 rings (SSSR count). The van der Waals surface area contributed by atoms with Crippen molar-refractivity contribution in [3.05, 3.63) is 71.8 Å². The normalized spacial score (nSPS) is 14.8. The number of ether oxygens (including phenoxy) is 4. The maximum Gasteiger partial charge on any atom is 0.248 e. The molecule has 0 unspecified atom stereocenters. The number of aromatic nitrogens is 3. The van der Waals surface area contributed by atoms with Gasteiger partial charge in [-0.2, -0.15) is 0 Å². The van der Waals surface area contributed by atoms with Gasteiger partial charge >= 0.3 is 0 Å². The average Bonchev–Trinajstić information content (AvgIpc) is 3.51. The first-order chi connectivity index (χ1) is 21.9. The van der Waals surface area contributed by atoms with Crippen LogP contribution in [0.15, 0.2) is 60.7 Å². The second-order valence-electron chi connectivity index (χ2n) is 11.2. The number of benzene rings is 3. The van der Waals surface area contributed by atoms with Crippen LogP contribution < -0.4 is 24.3 Å². The number of nitrogens with one attached hydrogen (secondary N) is 1. The van der Waals surface area contributed by atoms with Gasteiger partial charge in [0.2, 0.25) is 17.6 Å². The van der Waals surface area contributed by atoms with Gasteiger partial charge in [0.1, 0.15) is 23.3 Å². The summed E-state index contributed by atoms with van der Waals surface area (Å²) < 4.78 is 24.2. The second-order valence-corrected chi connectivity index (χ2v) is 11.2. The maximum absolute atomic E-state index is 14.8. The Morgan fingerprint density at radius 3 is 2.20 bits per heavy atom. The van der Waals surface area contributed by atoms with Crippen LogP contribution in [0.2, 0.25) is 0 Å². The Labute approximate surface area is 263 Å². The van der Waals surface area contributed by atoms with Crippen LogP contribution in [0, 0.1) is 0 Å². The fourth-order valence-electron chi connectivity index (χ4n) is 6.09. The first-order valence-electron chi connectivity index (χ1n) is 15.2. The van der Waals surface area contributed by atoms with Gasteiger partial charge in [0.15, 0.2) is 11.5 Å². The minimum atomic E-state index is -1.06. The van der Waals surface area contributed by atoms with E-state index in [9.17, 15) is 9.59 Å². The third-order valence-electron chi connectivity index (χ3n) is 8.43. The number of carbonyl (C=O) groups excluding carboxylic acids is 2. The van der Waals surface area contributed by atoms with Crippen molar-refractivity contribution in [1.82, 2.24) is 25.2 Å². The summed E-state index contributed by atoms with van der Waals surface area (Å²) in [6.07, 6.45) is 5.00. The maximum atomic E-state index is 14.8. The van der Waals surface area contributed by atoms with Crippen molar-refractivity contribution in [2.24, 2.45) is 0 Å². The number of fused-ring (bicyclic) bond motifs is 1. The molecule has 1 aliphatic rings. The summed E-state index contributed by atoms with van der Waals surface area (Å²) >= 11 is 0. The smallest absolute Gasteiger partial charge is 0.248 e. The van der Waals surface area contributed by atoms with E-state index in [2.05, 4.69) is 15.6 Å². The lowest BCUT2D eigenvalue weighted by atomic mass is 9.94. The van der Waals surface area contributed by atoms with Crippen molar-refractivity contribution in [3.63, 3.8) is 0 Å². The van der Waals surface area contributed by atoms with E-state index in [-0.39, 0.29) is 24.4 Å². The van der Waals surface area contributed by atoms with Crippen molar-refractivity contribution in [2.45, 2.75) is 63.7 Å². The van der Waals surface area contributed by atoms with Gasteiger partial charge < -0.3 is 29.2 Å². The standard InChI is InChI=1S/C34H41N5O6/c1-22(39-27-17-11-10-16-26(27)36-37-39)34(41)38(21-23-13-9-12-18-28(23)42-2)31(33(40)35-25-14-7-6-8-15-25)24-19-29(43-3)32(45-5)30(20-24)44-4/h9-13,16-20,22,25,31H,6-8,14-15,21H2,1-5H3,(H,35,40)/t22-,31-/m0/s1. The Bertz CT molecular complexity index is 1610. The molecular weight excluding hydrogens is 574 g/mol. The molecule has 1 heterocycles. The molecular formula is C34H41N5O6. The van der Waals surface area contributed by atoms with Gasteiger partial charge in [0.05, 0.1) is 40.5 Å². The SMILES string of the molecule is COc1ccccc1CN(C(=O)[C@H](C)n1nnc2ccccc21)[C@H](C(=O)NC1CCCCC1)c1cc(OC)c(OC)c(OC)c1. The monoisotopic (exact) mass is 615 g/mol. The van der Waals surface area contributed by atoms with Gasteiger partial charge in [-0.1, -0.05) is 54.8 Å². The molecule has 45 heavy (non-hydrogen) atoms. The summed E-state index contributed by atoms with van der Waals surface area (Å²) in [5.74, 6) is 1.12. The van der Waals surface area contributed by atoms with Gasteiger partial charge in [0.25, 0.3) is 0 Å². The van der Waals surface area contributed by atoms with Crippen LogP contribution in [0.1, 0.15) is 62.2 Å². The predicted octanol–water partition coefficient (Wildman–Crippen LogP) is 5.25. The molecule has 2 atom stereocenters. The lowest BCUT2D eigenvalue weighted by Gasteiger charge is -2.35. The molecule has 0 saturated heterocycles. The van der Waals surface area contributed by atoms with Crippen molar-refractivity contribution >= 4 is 22.8 Å². The summed E-state index contributed by atoms with van der Waals surface area (Å²) in [7, 11) is 6.15. The molecule has 1 fully saturated rings. The molecule has 0 radical (unpaired) electrons. The fraction of sp³-hybridized carbons (Fsp3) is 0.412. The van der Waals surface area contributed by atoms with Crippen LogP contribution in [-0.4, -0.2) is 66.2 Å². The Morgan fingerprint density at radius 1 is 0.889 bits per heavy atom. The molecule has 0 aliphatic heterocycles. The third kappa shape index (κ3) is 6.67. The van der Waals surface area contributed by atoms with Crippen LogP contribution in [0.3, 0.4) is 0 Å². The molecule has 1 saturated carbocycles. The fourth-order valence-corrected chi connectivity index (χ4v) is 6.09. The third-order valence-corrected chi connectivity index (χ3v) is 8.43. The summed E-state index contributed by atoms with van der Waals surface area (Å²) in [5.41, 5.74) is 2.64. The van der Waals surface area contributed by atoms with E-state index in [1.165, 1.54) is 21.3 Å². The second kappa shape index (κ2) is 14.3. The first kappa shape index (κ1) is 31.6. The van der Waals surface area contributed by atoms with Crippen LogP contribution in [0.4, 0.5) is 0 Å². The van der Waals surface area contributed by atoms with Gasteiger partial charge in [-0.3, -0.25) is 9.59 Å². The molecule has 11 heteroatoms. The molecule has 11 nitrogen and oxygen atoms in total. The minimum Gasteiger partial charge on any atom is -0.496 e. The van der Waals surface area contributed by atoms with Gasteiger partial charge in [0, 0.05) is 11.6 Å². The van der Waals surface area contributed by atoms with Gasteiger partial charge in [-0.25, -0.2) is 4.68 Å². The lowest BCUT2D eigenvalue weighted by molar-refractivity contribution is -0.144. The number of rotatable bonds is 12. The molecule has 1 aliphatic carbocycles. The zero-order valence-electron chi connectivity index (χ0n) is 26.5. The number of hydrogen-bond acceptors (Lipinski definition) is 8. The van der Waals surface area contributed by atoms with Crippen molar-refractivity contribution in [3.8, 4) is 23.0 Å². The molecule has 2 amide bonds. The zero-order chi connectivity index (χ0) is 31.9. The minimum absolute atomic E-state index is 0.00989. The van der Waals surface area contributed by atoms with Gasteiger partial charge in [-0.05, 0) is 55.7 Å². The quantitative estimate of drug-likeness (QED) is 0.230. The number of hydrogen-bond donors (Lipinski definition) is 1. The molecule has 1 N–H and O–H groups in total. The Kier molecular flexibility index (Phi) is 10.1. The highest BCUT2D eigenvalue weighted by molar-refractivity contribution is 5.91. The lowest BCUT2D eigenvalue weighted by Crippen LogP contribution is -2.48. The molecule has 0 bridgehead atoms. The van der Waals surface area contributed by atoms with Crippen LogP contribution >= 0.6 is 0 Å². The molecule has 1 aromatic heterocycles. The Balaban J connectivity index is 1.66. The number of amides is 2. The van der Waals surface area contributed by atoms with Gasteiger partial charge in [-0.15, -0.1) is 5.10 Å². The van der Waals surface area contributed by atoms with E-state index in [0.717, 1.165) is 37.7 Å². The predicted molar refractivity (Wildman–Crippen MR) is 170 cm³/mol. The van der Waals surface area contributed by atoms with Crippen molar-refractivity contribution in [2.75, 3.05) is 28.4 Å². The number of carbonyl (C=O) groups is 2. The summed E-state index contributed by atoms with van der Waals surface area (Å²) in [6.45, 7) is 1.85. The average molecular weight is 616 g/mol. The van der Waals surface area contributed by atoms with Crippen LogP contribution in [0.25, 0.3) is 11.0 Å². The summed E-state index contributed by atoms with van der Waals surface area (Å²) in [6, 6.07) is 16.6. The molecule has 4 aromatic rings. The largest absolute Gasteiger partial charge is 0.496 e. The Hall–Kier alpha value is -4.80. The highest BCUT2D eigenvalue weighted by Gasteiger charge is 2.37. The number of nitrogens with zero attached hydrogens (tertiary/aromatic N) is 4. The number of methoxy groups -OCH3 is 4. The van der Waals surface area contributed by atoms with E-state index in [1.807, 2.05) is 48.5 Å². The van der Waals surface area contributed by atoms with E-state index in [0.29, 0.717) is 39.6 Å². The van der Waals surface area contributed by atoms with E-state index < -0.39 is 12.1 Å². The molecule has 0 spiro atoms. The highest BCUT2D eigenvalue weighted by Crippen LogP contribution is 2.42. The molecule has 3 aromatic carbocycles. The topological polar surface area (TPSA) is 117 Å². The van der Waals surface area contributed by atoms with E-state index in [1.54, 1.807) is 35.7 Å². The van der Waals surface area contributed by atoms with Crippen molar-refractivity contribution < 1.29 is 28.5 Å².